The first-order valence-electron chi connectivity index (χ1n) is 23.5. The van der Waals surface area contributed by atoms with Gasteiger partial charge in [-0.2, -0.15) is 10.5 Å². The van der Waals surface area contributed by atoms with Gasteiger partial charge in [0.05, 0.1) is 24.3 Å². The largest absolute Gasteiger partial charge is 0.368 e. The normalized spacial score (nSPS) is 22.8. The van der Waals surface area contributed by atoms with Crippen molar-refractivity contribution in [1.82, 2.24) is 21.3 Å². The maximum atomic E-state index is 13.0. The van der Waals surface area contributed by atoms with Crippen LogP contribution in [0.15, 0.2) is 0 Å². The molecule has 2 heterocycles. The van der Waals surface area contributed by atoms with Gasteiger partial charge in [0.2, 0.25) is 23.6 Å². The molecular weight excluding hydrogens is 789 g/mol. The van der Waals surface area contributed by atoms with Crippen molar-refractivity contribution in [3.05, 3.63) is 0 Å². The third kappa shape index (κ3) is 19.2. The number of amides is 4. The highest BCUT2D eigenvalue weighted by atomic mass is 16.5. The van der Waals surface area contributed by atoms with Gasteiger partial charge in [0, 0.05) is 49.6 Å². The number of rotatable bonds is 20. The Morgan fingerprint density at radius 1 is 0.613 bits per heavy atom. The molecule has 0 bridgehead atoms. The summed E-state index contributed by atoms with van der Waals surface area (Å²) in [6.45, 7) is 17.0. The number of carbonyl (C=O) groups excluding carboxylic acids is 6. The molecule has 62 heavy (non-hydrogen) atoms. The Bertz CT molecular complexity index is 1460. The minimum absolute atomic E-state index is 0.0652. The summed E-state index contributed by atoms with van der Waals surface area (Å²) in [7, 11) is 0. The molecule has 0 spiro atoms. The minimum atomic E-state index is -0.741. The van der Waals surface area contributed by atoms with E-state index < -0.39 is 36.1 Å². The summed E-state index contributed by atoms with van der Waals surface area (Å²) >= 11 is 0. The molecule has 348 valence electrons. The van der Waals surface area contributed by atoms with Crippen molar-refractivity contribution in [3.8, 4) is 12.1 Å². The maximum absolute atomic E-state index is 13.0. The zero-order valence-corrected chi connectivity index (χ0v) is 39.1. The van der Waals surface area contributed by atoms with Gasteiger partial charge in [-0.25, -0.2) is 0 Å². The van der Waals surface area contributed by atoms with Crippen LogP contribution in [-0.4, -0.2) is 84.8 Å². The molecule has 2 saturated carbocycles. The number of hydrogen-bond acceptors (Lipinski definition) is 10. The highest BCUT2D eigenvalue weighted by Crippen LogP contribution is 2.31. The van der Waals surface area contributed by atoms with Crippen LogP contribution in [0.25, 0.3) is 0 Å². The summed E-state index contributed by atoms with van der Waals surface area (Å²) in [6, 6.07) is 2.73. The SMILES string of the molecule is CC(OC1CCCCC1)C(=O)C[C@@H](CC(C)(C)C)C(=O)N[C@@H](C#N)C[C@@H]1CCNC1=O.CC(OC1CCCCC1)C(=O)C[C@@H](CC(C)(C)C)C(=O)N[C@H](C#N)C[C@@H]1CCNC1=O. The first-order valence-corrected chi connectivity index (χ1v) is 23.5. The molecule has 14 nitrogen and oxygen atoms in total. The second-order valence-corrected chi connectivity index (χ2v) is 20.7. The van der Waals surface area contributed by atoms with Crippen LogP contribution in [0.1, 0.15) is 171 Å². The van der Waals surface area contributed by atoms with E-state index >= 15 is 0 Å². The number of ether oxygens (including phenoxy) is 2. The average Bonchev–Trinajstić information content (AvgIpc) is 3.82. The second kappa shape index (κ2) is 25.4. The molecule has 2 saturated heterocycles. The molecule has 4 amide bonds. The maximum Gasteiger partial charge on any atom is 0.224 e. The lowest BCUT2D eigenvalue weighted by atomic mass is 9.81. The third-order valence-electron chi connectivity index (χ3n) is 12.5. The van der Waals surface area contributed by atoms with Gasteiger partial charge in [0.1, 0.15) is 24.3 Å². The van der Waals surface area contributed by atoms with Crippen LogP contribution in [0.3, 0.4) is 0 Å². The molecule has 4 N–H and O–H groups in total. The summed E-state index contributed by atoms with van der Waals surface area (Å²) < 4.78 is 12.0. The first-order chi connectivity index (χ1) is 29.2. The molecule has 2 aliphatic carbocycles. The van der Waals surface area contributed by atoms with Crippen LogP contribution in [-0.2, 0) is 38.2 Å². The lowest BCUT2D eigenvalue weighted by Crippen LogP contribution is -2.42. The summed E-state index contributed by atoms with van der Waals surface area (Å²) in [4.78, 5) is 75.5. The molecule has 2 aliphatic heterocycles. The molecule has 0 aromatic rings. The van der Waals surface area contributed by atoms with Gasteiger partial charge in [-0.3, -0.25) is 28.8 Å². The predicted octanol–water partition coefficient (Wildman–Crippen LogP) is 6.54. The van der Waals surface area contributed by atoms with E-state index in [-0.39, 0.29) is 82.9 Å². The van der Waals surface area contributed by atoms with Gasteiger partial charge < -0.3 is 30.7 Å². The Kier molecular flexibility index (Phi) is 21.5. The number of hydrogen-bond donors (Lipinski definition) is 4. The van der Waals surface area contributed by atoms with E-state index in [1.165, 1.54) is 12.8 Å². The van der Waals surface area contributed by atoms with Crippen molar-refractivity contribution in [2.45, 2.75) is 207 Å². The van der Waals surface area contributed by atoms with Gasteiger partial charge in [-0.05, 0) is 88.9 Å². The molecule has 8 atom stereocenters. The fourth-order valence-corrected chi connectivity index (χ4v) is 9.12. The fourth-order valence-electron chi connectivity index (χ4n) is 9.12. The Labute approximate surface area is 371 Å². The van der Waals surface area contributed by atoms with Crippen molar-refractivity contribution < 1.29 is 38.2 Å². The van der Waals surface area contributed by atoms with Crippen LogP contribution in [0.2, 0.25) is 0 Å². The molecule has 4 aliphatic rings. The number of nitrogens with one attached hydrogen (secondary N) is 4. The highest BCUT2D eigenvalue weighted by molar-refractivity contribution is 5.90. The Balaban J connectivity index is 0.000000330. The smallest absolute Gasteiger partial charge is 0.224 e. The monoisotopic (exact) mass is 867 g/mol. The second-order valence-electron chi connectivity index (χ2n) is 20.7. The van der Waals surface area contributed by atoms with Crippen LogP contribution in [0.5, 0.6) is 0 Å². The van der Waals surface area contributed by atoms with E-state index in [0.717, 1.165) is 51.4 Å². The van der Waals surface area contributed by atoms with Crippen molar-refractivity contribution in [1.29, 1.82) is 10.5 Å². The van der Waals surface area contributed by atoms with E-state index in [1.807, 2.05) is 41.5 Å². The zero-order valence-electron chi connectivity index (χ0n) is 39.1. The van der Waals surface area contributed by atoms with Crippen LogP contribution in [0, 0.1) is 57.2 Å². The Hall–Kier alpha value is -3.88. The molecular formula is C48H78N6O8. The van der Waals surface area contributed by atoms with Crippen molar-refractivity contribution >= 4 is 35.2 Å². The molecule has 0 radical (unpaired) electrons. The standard InChI is InChI=1S/2C24H39N3O4/c2*1-16(31-20-8-6-5-7-9-20)21(28)13-18(14-24(2,3)4)23(30)27-19(15-25)12-17-10-11-26-22(17)29/h2*16-20H,5-14H2,1-4H3,(H,26,29)(H,27,30)/t16?,17-,18-,19+;16?,17-,18-,19-/m00/s1. The fraction of sp³-hybridized carbons (Fsp3) is 0.833. The number of nitrogens with zero attached hydrogens (tertiary/aromatic N) is 2. The third-order valence-corrected chi connectivity index (χ3v) is 12.5. The van der Waals surface area contributed by atoms with Gasteiger partial charge in [-0.1, -0.05) is 80.1 Å². The number of nitriles is 2. The lowest BCUT2D eigenvalue weighted by Gasteiger charge is -2.28. The van der Waals surface area contributed by atoms with E-state index in [0.29, 0.717) is 51.6 Å². The molecule has 14 heteroatoms. The molecule has 4 fully saturated rings. The number of Topliss-reactive ketones (excluding diaryl/α,β-unsaturated/α-hetero) is 2. The van der Waals surface area contributed by atoms with Gasteiger partial charge in [0.15, 0.2) is 11.6 Å². The first kappa shape index (κ1) is 52.5. The van der Waals surface area contributed by atoms with E-state index in [2.05, 4.69) is 33.4 Å². The van der Waals surface area contributed by atoms with Crippen molar-refractivity contribution in [3.63, 3.8) is 0 Å². The molecule has 4 rings (SSSR count). The summed E-state index contributed by atoms with van der Waals surface area (Å²) in [5, 5.41) is 30.1. The van der Waals surface area contributed by atoms with Crippen molar-refractivity contribution in [2.75, 3.05) is 13.1 Å². The van der Waals surface area contributed by atoms with Gasteiger partial charge in [0.25, 0.3) is 0 Å². The Morgan fingerprint density at radius 3 is 1.23 bits per heavy atom. The average molecular weight is 867 g/mol. The predicted molar refractivity (Wildman–Crippen MR) is 236 cm³/mol. The topological polar surface area (TPSA) is 217 Å². The van der Waals surface area contributed by atoms with Crippen LogP contribution >= 0.6 is 0 Å². The van der Waals surface area contributed by atoms with Gasteiger partial charge >= 0.3 is 0 Å². The number of ketones is 2. The minimum Gasteiger partial charge on any atom is -0.368 e. The van der Waals surface area contributed by atoms with Gasteiger partial charge in [-0.15, -0.1) is 0 Å². The lowest BCUT2D eigenvalue weighted by molar-refractivity contribution is -0.139. The van der Waals surface area contributed by atoms with Crippen LogP contribution < -0.4 is 21.3 Å². The molecule has 0 aromatic heterocycles. The quantitative estimate of drug-likeness (QED) is 0.104. The summed E-state index contributed by atoms with van der Waals surface area (Å²) in [5.41, 5.74) is -0.299. The summed E-state index contributed by atoms with van der Waals surface area (Å²) in [5.74, 6) is -2.42. The van der Waals surface area contributed by atoms with E-state index in [1.54, 1.807) is 13.8 Å². The highest BCUT2D eigenvalue weighted by Gasteiger charge is 2.35. The molecule has 0 aromatic carbocycles. The van der Waals surface area contributed by atoms with Crippen LogP contribution in [0.4, 0.5) is 0 Å². The molecule has 2 unspecified atom stereocenters. The van der Waals surface area contributed by atoms with E-state index in [4.69, 9.17) is 9.47 Å². The summed E-state index contributed by atoms with van der Waals surface area (Å²) in [6.07, 6.45) is 13.3. The van der Waals surface area contributed by atoms with E-state index in [9.17, 15) is 39.3 Å². The number of carbonyl (C=O) groups is 6. The zero-order chi connectivity index (χ0) is 46.0. The van der Waals surface area contributed by atoms with Crippen molar-refractivity contribution in [2.24, 2.45) is 34.5 Å². The Morgan fingerprint density at radius 2 is 0.952 bits per heavy atom.